The molecule has 19 heavy (non-hydrogen) atoms. The van der Waals surface area contributed by atoms with Gasteiger partial charge in [0.2, 0.25) is 0 Å². The highest BCUT2D eigenvalue weighted by atomic mass is 79.9. The Morgan fingerprint density at radius 2 is 2.00 bits per heavy atom. The summed E-state index contributed by atoms with van der Waals surface area (Å²) in [5.41, 5.74) is 7.28. The zero-order valence-electron chi connectivity index (χ0n) is 10.4. The van der Waals surface area contributed by atoms with Gasteiger partial charge in [-0.25, -0.2) is 0 Å². The minimum Gasteiger partial charge on any atom is -0.496 e. The van der Waals surface area contributed by atoms with Gasteiger partial charge in [0.25, 0.3) is 0 Å². The Hall–Kier alpha value is -1.33. The maximum Gasteiger partial charge on any atom is 0.123 e. The van der Waals surface area contributed by atoms with Gasteiger partial charge in [-0.3, -0.25) is 4.21 Å². The summed E-state index contributed by atoms with van der Waals surface area (Å²) in [7, 11) is 0.412. The Balaban J connectivity index is 2.29. The van der Waals surface area contributed by atoms with Gasteiger partial charge in [-0.1, -0.05) is 28.1 Å². The highest BCUT2D eigenvalue weighted by Gasteiger charge is 2.12. The lowest BCUT2D eigenvalue weighted by Crippen LogP contribution is -2.02. The Morgan fingerprint density at radius 3 is 2.68 bits per heavy atom. The van der Waals surface area contributed by atoms with Crippen molar-refractivity contribution in [1.82, 2.24) is 0 Å². The summed E-state index contributed by atoms with van der Waals surface area (Å²) in [5.74, 6) is 1.10. The van der Waals surface area contributed by atoms with Crippen molar-refractivity contribution in [2.75, 3.05) is 12.8 Å². The Morgan fingerprint density at radius 1 is 1.26 bits per heavy atom. The molecule has 0 saturated carbocycles. The fourth-order valence-electron chi connectivity index (χ4n) is 1.77. The second-order valence-corrected chi connectivity index (χ2v) is 6.32. The van der Waals surface area contributed by atoms with E-state index in [2.05, 4.69) is 15.9 Å². The van der Waals surface area contributed by atoms with Crippen LogP contribution in [-0.4, -0.2) is 11.3 Å². The first kappa shape index (κ1) is 14.1. The molecular formula is C14H14BrNO2S. The number of rotatable bonds is 4. The van der Waals surface area contributed by atoms with Gasteiger partial charge in [-0.2, -0.15) is 0 Å². The third kappa shape index (κ3) is 3.36. The number of para-hydroxylation sites is 1. The molecule has 0 heterocycles. The second-order valence-electron chi connectivity index (χ2n) is 3.98. The van der Waals surface area contributed by atoms with Crippen molar-refractivity contribution in [3.05, 3.63) is 52.5 Å². The number of anilines is 1. The summed E-state index contributed by atoms with van der Waals surface area (Å²) in [6.07, 6.45) is 0. The fraction of sp³-hybridized carbons (Fsp3) is 0.143. The molecule has 0 saturated heterocycles. The zero-order chi connectivity index (χ0) is 13.8. The molecule has 100 valence electrons. The molecule has 0 amide bonds. The fourth-order valence-corrected chi connectivity index (χ4v) is 3.40. The number of hydrogen-bond donors (Lipinski definition) is 1. The predicted octanol–water partition coefficient (Wildman–Crippen LogP) is 3.35. The summed E-state index contributed by atoms with van der Waals surface area (Å²) in [6, 6.07) is 12.9. The summed E-state index contributed by atoms with van der Waals surface area (Å²) >= 11 is 3.41. The normalized spacial score (nSPS) is 12.1. The quantitative estimate of drug-likeness (QED) is 0.869. The van der Waals surface area contributed by atoms with Crippen molar-refractivity contribution < 1.29 is 8.95 Å². The van der Waals surface area contributed by atoms with Gasteiger partial charge in [0.05, 0.1) is 28.6 Å². The van der Waals surface area contributed by atoms with Crippen LogP contribution in [0.2, 0.25) is 0 Å². The molecule has 0 aromatic heterocycles. The van der Waals surface area contributed by atoms with E-state index in [-0.39, 0.29) is 0 Å². The van der Waals surface area contributed by atoms with Crippen LogP contribution in [0.4, 0.5) is 5.69 Å². The van der Waals surface area contributed by atoms with Crippen molar-refractivity contribution in [3.8, 4) is 5.75 Å². The van der Waals surface area contributed by atoms with E-state index >= 15 is 0 Å². The molecule has 1 atom stereocenters. The van der Waals surface area contributed by atoms with Gasteiger partial charge in [0, 0.05) is 15.7 Å². The molecule has 0 aliphatic heterocycles. The molecule has 0 aliphatic rings. The Labute approximate surface area is 123 Å². The molecule has 2 N–H and O–H groups in total. The molecule has 0 radical (unpaired) electrons. The summed E-state index contributed by atoms with van der Waals surface area (Å²) in [5, 5.41) is 0. The molecule has 2 rings (SSSR count). The van der Waals surface area contributed by atoms with Gasteiger partial charge in [0.1, 0.15) is 5.75 Å². The minimum atomic E-state index is -1.19. The van der Waals surface area contributed by atoms with Crippen LogP contribution in [0.1, 0.15) is 5.56 Å². The molecular weight excluding hydrogens is 326 g/mol. The monoisotopic (exact) mass is 339 g/mol. The molecule has 0 bridgehead atoms. The third-order valence-corrected chi connectivity index (χ3v) is 4.62. The number of methoxy groups -OCH3 is 1. The van der Waals surface area contributed by atoms with Crippen LogP contribution in [0, 0.1) is 0 Å². The first-order valence-corrected chi connectivity index (χ1v) is 7.78. The van der Waals surface area contributed by atoms with Crippen LogP contribution in [0.3, 0.4) is 0 Å². The van der Waals surface area contributed by atoms with E-state index in [1.807, 2.05) is 30.3 Å². The number of nitrogen functional groups attached to an aromatic ring is 1. The Kier molecular flexibility index (Phi) is 4.61. The van der Waals surface area contributed by atoms with Crippen molar-refractivity contribution in [2.45, 2.75) is 10.6 Å². The van der Waals surface area contributed by atoms with E-state index in [9.17, 15) is 4.21 Å². The van der Waals surface area contributed by atoms with Crippen LogP contribution in [-0.2, 0) is 16.6 Å². The number of hydrogen-bond acceptors (Lipinski definition) is 3. The van der Waals surface area contributed by atoms with Crippen molar-refractivity contribution in [2.24, 2.45) is 0 Å². The molecule has 2 aromatic carbocycles. The molecule has 0 spiro atoms. The molecule has 1 unspecified atom stereocenters. The largest absolute Gasteiger partial charge is 0.496 e. The Bertz CT molecular complexity index is 616. The number of halogens is 1. The molecule has 3 nitrogen and oxygen atoms in total. The summed E-state index contributed by atoms with van der Waals surface area (Å²) in [6.45, 7) is 0. The average Bonchev–Trinajstić information content (AvgIpc) is 2.39. The maximum atomic E-state index is 12.4. The van der Waals surface area contributed by atoms with E-state index in [1.54, 1.807) is 19.2 Å². The van der Waals surface area contributed by atoms with Gasteiger partial charge < -0.3 is 10.5 Å². The summed E-state index contributed by atoms with van der Waals surface area (Å²) < 4.78 is 18.6. The average molecular weight is 340 g/mol. The number of nitrogens with two attached hydrogens (primary N) is 1. The summed E-state index contributed by atoms with van der Waals surface area (Å²) in [4.78, 5) is 0.657. The van der Waals surface area contributed by atoms with E-state index in [4.69, 9.17) is 10.5 Å². The maximum absolute atomic E-state index is 12.4. The van der Waals surface area contributed by atoms with Crippen LogP contribution in [0.25, 0.3) is 0 Å². The lowest BCUT2D eigenvalue weighted by Gasteiger charge is -2.10. The zero-order valence-corrected chi connectivity index (χ0v) is 12.8. The van der Waals surface area contributed by atoms with Crippen LogP contribution >= 0.6 is 15.9 Å². The van der Waals surface area contributed by atoms with Crippen molar-refractivity contribution in [1.29, 1.82) is 0 Å². The minimum absolute atomic E-state index is 0.372. The van der Waals surface area contributed by atoms with Gasteiger partial charge in [0.15, 0.2) is 0 Å². The van der Waals surface area contributed by atoms with E-state index in [1.165, 1.54) is 0 Å². The molecule has 2 aromatic rings. The van der Waals surface area contributed by atoms with Gasteiger partial charge >= 0.3 is 0 Å². The molecule has 0 aliphatic carbocycles. The van der Waals surface area contributed by atoms with Crippen molar-refractivity contribution in [3.63, 3.8) is 0 Å². The predicted molar refractivity (Wildman–Crippen MR) is 81.7 cm³/mol. The second kappa shape index (κ2) is 6.21. The number of ether oxygens (including phenoxy) is 1. The first-order chi connectivity index (χ1) is 9.11. The van der Waals surface area contributed by atoms with Crippen molar-refractivity contribution >= 4 is 32.4 Å². The highest BCUT2D eigenvalue weighted by molar-refractivity contribution is 9.10. The van der Waals surface area contributed by atoms with Crippen LogP contribution in [0.5, 0.6) is 5.75 Å². The molecule has 0 fully saturated rings. The topological polar surface area (TPSA) is 52.3 Å². The van der Waals surface area contributed by atoms with E-state index in [0.29, 0.717) is 16.3 Å². The highest BCUT2D eigenvalue weighted by Crippen LogP contribution is 2.26. The van der Waals surface area contributed by atoms with Gasteiger partial charge in [-0.05, 0) is 30.3 Å². The van der Waals surface area contributed by atoms with E-state index in [0.717, 1.165) is 15.8 Å². The molecule has 5 heteroatoms. The number of benzene rings is 2. The van der Waals surface area contributed by atoms with Crippen LogP contribution in [0.15, 0.2) is 51.8 Å². The van der Waals surface area contributed by atoms with Gasteiger partial charge in [-0.15, -0.1) is 0 Å². The third-order valence-electron chi connectivity index (χ3n) is 2.69. The lowest BCUT2D eigenvalue weighted by atomic mass is 10.2. The first-order valence-electron chi connectivity index (χ1n) is 5.67. The standard InChI is InChI=1S/C14H14BrNO2S/c1-18-13-7-6-11(15)8-10(13)9-19(17)14-5-3-2-4-12(14)16/h2-8H,9,16H2,1H3. The van der Waals surface area contributed by atoms with Crippen LogP contribution < -0.4 is 10.5 Å². The van der Waals surface area contributed by atoms with E-state index < -0.39 is 10.8 Å². The SMILES string of the molecule is COc1ccc(Br)cc1CS(=O)c1ccccc1N. The lowest BCUT2D eigenvalue weighted by molar-refractivity contribution is 0.411. The smallest absolute Gasteiger partial charge is 0.123 e.